The summed E-state index contributed by atoms with van der Waals surface area (Å²) in [7, 11) is 0. The van der Waals surface area contributed by atoms with Gasteiger partial charge in [0.05, 0.1) is 28.6 Å². The van der Waals surface area contributed by atoms with E-state index in [1.54, 1.807) is 11.0 Å². The maximum Gasteiger partial charge on any atom is 0.248 e. The van der Waals surface area contributed by atoms with Crippen molar-refractivity contribution in [2.24, 2.45) is 5.73 Å². The molecule has 10 nitrogen and oxygen atoms in total. The van der Waals surface area contributed by atoms with E-state index in [1.807, 2.05) is 0 Å². The number of tetrazole rings is 1. The fourth-order valence-corrected chi connectivity index (χ4v) is 5.39. The molecule has 2 aliphatic rings. The Morgan fingerprint density at radius 2 is 2.03 bits per heavy atom. The van der Waals surface area contributed by atoms with E-state index in [0.717, 1.165) is 6.07 Å². The standard InChI is InChI=1S/C25H19ClF2N8O2/c26-16-4-6-19(35-11-31-33-34-35)22(23(16)28)13-7-14-2-5-20(36(14)21(37)9-13)25-30-10-18(32-25)15-3-1-12(24(29)38)8-17(15)27/h1,3-4,6,8-11,14,20H,2,5,7H2,(H2,29,38)(H,30,32)/t14-,20+/m1/s1. The number of fused-ring (bicyclic) bond motifs is 1. The van der Waals surface area contributed by atoms with Crippen molar-refractivity contribution in [2.75, 3.05) is 0 Å². The fourth-order valence-electron chi connectivity index (χ4n) is 5.23. The van der Waals surface area contributed by atoms with Crippen LogP contribution in [0.25, 0.3) is 22.5 Å². The molecule has 38 heavy (non-hydrogen) atoms. The average molecular weight is 537 g/mol. The van der Waals surface area contributed by atoms with Gasteiger partial charge in [-0.25, -0.2) is 13.8 Å². The zero-order chi connectivity index (χ0) is 26.6. The van der Waals surface area contributed by atoms with E-state index >= 15 is 4.39 Å². The zero-order valence-electron chi connectivity index (χ0n) is 19.6. The largest absolute Gasteiger partial charge is 0.366 e. The molecular formula is C25H19ClF2N8O2. The molecule has 0 aliphatic carbocycles. The first-order valence-electron chi connectivity index (χ1n) is 11.7. The number of nitrogens with zero attached hydrogens (tertiary/aromatic N) is 6. The van der Waals surface area contributed by atoms with Crippen molar-refractivity contribution in [3.05, 3.63) is 82.5 Å². The molecule has 2 atom stereocenters. The average Bonchev–Trinajstić information content (AvgIpc) is 3.66. The predicted molar refractivity (Wildman–Crippen MR) is 132 cm³/mol. The second kappa shape index (κ2) is 9.14. The van der Waals surface area contributed by atoms with Gasteiger partial charge in [-0.05, 0) is 65.6 Å². The number of carbonyl (C=O) groups excluding carboxylic acids is 2. The summed E-state index contributed by atoms with van der Waals surface area (Å²) in [5, 5.41) is 11.0. The number of H-pyrrole nitrogens is 1. The second-order valence-electron chi connectivity index (χ2n) is 9.12. The summed E-state index contributed by atoms with van der Waals surface area (Å²) < 4.78 is 31.2. The smallest absolute Gasteiger partial charge is 0.248 e. The zero-order valence-corrected chi connectivity index (χ0v) is 20.4. The van der Waals surface area contributed by atoms with Gasteiger partial charge in [0.1, 0.15) is 18.0 Å². The topological polar surface area (TPSA) is 136 Å². The van der Waals surface area contributed by atoms with E-state index in [0.29, 0.717) is 42.0 Å². The molecule has 0 radical (unpaired) electrons. The molecule has 3 N–H and O–H groups in total. The predicted octanol–water partition coefficient (Wildman–Crippen LogP) is 3.60. The molecule has 0 saturated carbocycles. The third-order valence-corrected chi connectivity index (χ3v) is 7.25. The molecule has 13 heteroatoms. The van der Waals surface area contributed by atoms with Crippen molar-refractivity contribution in [2.45, 2.75) is 31.3 Å². The van der Waals surface area contributed by atoms with Crippen LogP contribution in [0.3, 0.4) is 0 Å². The van der Waals surface area contributed by atoms with Crippen LogP contribution in [-0.4, -0.2) is 52.9 Å². The number of aromatic nitrogens is 6. The first-order chi connectivity index (χ1) is 18.3. The van der Waals surface area contributed by atoms with E-state index in [2.05, 4.69) is 25.5 Å². The Kier molecular flexibility index (Phi) is 5.75. The van der Waals surface area contributed by atoms with Crippen LogP contribution < -0.4 is 5.73 Å². The lowest BCUT2D eigenvalue weighted by Crippen LogP contribution is -2.39. The fraction of sp³-hybridized carbons (Fsp3) is 0.200. The molecule has 192 valence electrons. The van der Waals surface area contributed by atoms with Crippen molar-refractivity contribution in [3.8, 4) is 16.9 Å². The van der Waals surface area contributed by atoms with Gasteiger partial charge in [-0.2, -0.15) is 4.68 Å². The highest BCUT2D eigenvalue weighted by molar-refractivity contribution is 6.31. The lowest BCUT2D eigenvalue weighted by molar-refractivity contribution is -0.129. The molecule has 1 saturated heterocycles. The minimum absolute atomic E-state index is 0.0607. The van der Waals surface area contributed by atoms with Gasteiger partial charge in [0.15, 0.2) is 5.82 Å². The highest BCUT2D eigenvalue weighted by Gasteiger charge is 2.42. The summed E-state index contributed by atoms with van der Waals surface area (Å²) in [4.78, 5) is 34.0. The first kappa shape index (κ1) is 23.9. The highest BCUT2D eigenvalue weighted by Crippen LogP contribution is 2.44. The number of rotatable bonds is 5. The van der Waals surface area contributed by atoms with Crippen molar-refractivity contribution in [1.82, 2.24) is 35.1 Å². The number of benzene rings is 2. The van der Waals surface area contributed by atoms with E-state index < -0.39 is 17.5 Å². The molecule has 2 amide bonds. The molecule has 4 heterocycles. The number of hydrogen-bond acceptors (Lipinski definition) is 6. The van der Waals surface area contributed by atoms with E-state index in [-0.39, 0.29) is 39.7 Å². The van der Waals surface area contributed by atoms with Crippen molar-refractivity contribution >= 4 is 29.0 Å². The maximum absolute atomic E-state index is 15.3. The molecule has 4 aromatic rings. The molecule has 0 spiro atoms. The van der Waals surface area contributed by atoms with Crippen LogP contribution in [0, 0.1) is 11.6 Å². The number of halogens is 3. The van der Waals surface area contributed by atoms with Crippen molar-refractivity contribution < 1.29 is 18.4 Å². The van der Waals surface area contributed by atoms with E-state index in [9.17, 15) is 14.0 Å². The summed E-state index contributed by atoms with van der Waals surface area (Å²) in [6.07, 6.45) is 5.91. The number of nitrogens with two attached hydrogens (primary N) is 1. The summed E-state index contributed by atoms with van der Waals surface area (Å²) in [6, 6.07) is 6.41. The second-order valence-corrected chi connectivity index (χ2v) is 9.52. The Labute approximate surface area is 219 Å². The molecule has 2 aliphatic heterocycles. The molecule has 0 bridgehead atoms. The number of nitrogens with one attached hydrogen (secondary N) is 1. The Balaban J connectivity index is 1.31. The molecule has 0 unspecified atom stereocenters. The van der Waals surface area contributed by atoms with Crippen molar-refractivity contribution in [3.63, 3.8) is 0 Å². The summed E-state index contributed by atoms with van der Waals surface area (Å²) in [5.74, 6) is -1.78. The van der Waals surface area contributed by atoms with Gasteiger partial charge in [-0.1, -0.05) is 11.6 Å². The summed E-state index contributed by atoms with van der Waals surface area (Å²) >= 11 is 6.08. The van der Waals surface area contributed by atoms with Crippen LogP contribution in [0.1, 0.15) is 47.1 Å². The SMILES string of the molecule is NC(=O)c1ccc(-c2cnc([C@@H]3CC[C@@H]4CC(c5c(-n6cnnn6)ccc(Cl)c5F)=CC(=O)N43)[nH]2)c(F)c1. The van der Waals surface area contributed by atoms with Crippen LogP contribution in [0.2, 0.25) is 5.02 Å². The van der Waals surface area contributed by atoms with Gasteiger partial charge in [-0.3, -0.25) is 9.59 Å². The van der Waals surface area contributed by atoms with E-state index in [1.165, 1.54) is 41.5 Å². The number of primary amides is 1. The molecule has 2 aromatic carbocycles. The van der Waals surface area contributed by atoms with Gasteiger partial charge in [-0.15, -0.1) is 5.10 Å². The monoisotopic (exact) mass is 536 g/mol. The van der Waals surface area contributed by atoms with Gasteiger partial charge < -0.3 is 15.6 Å². The minimum Gasteiger partial charge on any atom is -0.366 e. The van der Waals surface area contributed by atoms with Gasteiger partial charge >= 0.3 is 0 Å². The maximum atomic E-state index is 15.3. The van der Waals surface area contributed by atoms with Crippen LogP contribution in [0.5, 0.6) is 0 Å². The van der Waals surface area contributed by atoms with Gasteiger partial charge in [0.2, 0.25) is 11.8 Å². The lowest BCUT2D eigenvalue weighted by Gasteiger charge is -2.33. The molecule has 6 rings (SSSR count). The lowest BCUT2D eigenvalue weighted by atomic mass is 9.92. The quantitative estimate of drug-likeness (QED) is 0.400. The number of amides is 2. The summed E-state index contributed by atoms with van der Waals surface area (Å²) in [6.45, 7) is 0. The van der Waals surface area contributed by atoms with Crippen LogP contribution in [0.4, 0.5) is 8.78 Å². The van der Waals surface area contributed by atoms with E-state index in [4.69, 9.17) is 17.3 Å². The van der Waals surface area contributed by atoms with Gasteiger partial charge in [0.25, 0.3) is 0 Å². The first-order valence-corrected chi connectivity index (χ1v) is 12.1. The summed E-state index contributed by atoms with van der Waals surface area (Å²) in [5.41, 5.74) is 6.97. The number of imidazole rings is 1. The number of aromatic amines is 1. The Bertz CT molecular complexity index is 1620. The molecular weight excluding hydrogens is 518 g/mol. The van der Waals surface area contributed by atoms with Crippen molar-refractivity contribution in [1.29, 1.82) is 0 Å². The molecule has 2 aromatic heterocycles. The molecule has 1 fully saturated rings. The minimum atomic E-state index is -0.725. The van der Waals surface area contributed by atoms with Crippen LogP contribution >= 0.6 is 11.6 Å². The highest BCUT2D eigenvalue weighted by atomic mass is 35.5. The normalized spacial score (nSPS) is 19.0. The van der Waals surface area contributed by atoms with Crippen LogP contribution in [0.15, 0.2) is 48.9 Å². The third-order valence-electron chi connectivity index (χ3n) is 6.95. The van der Waals surface area contributed by atoms with Crippen LogP contribution in [-0.2, 0) is 4.79 Å². The van der Waals surface area contributed by atoms with Gasteiger partial charge in [0, 0.05) is 28.8 Å². The number of hydrogen-bond donors (Lipinski definition) is 2. The Morgan fingerprint density at radius 3 is 2.76 bits per heavy atom. The third kappa shape index (κ3) is 3.93. The number of carbonyl (C=O) groups is 2. The Hall–Kier alpha value is -4.45. The Morgan fingerprint density at radius 1 is 1.18 bits per heavy atom.